The van der Waals surface area contributed by atoms with Gasteiger partial charge in [-0.25, -0.2) is 0 Å². The molecule has 17 aliphatic rings. The van der Waals surface area contributed by atoms with Crippen LogP contribution in [-0.2, 0) is 9.47 Å². The van der Waals surface area contributed by atoms with E-state index in [2.05, 4.69) is 51.5 Å². The van der Waals surface area contributed by atoms with E-state index in [0.29, 0.717) is 24.7 Å². The summed E-state index contributed by atoms with van der Waals surface area (Å²) in [6.07, 6.45) is 12.8. The van der Waals surface area contributed by atoms with Crippen molar-refractivity contribution in [3.05, 3.63) is 57.1 Å². The van der Waals surface area contributed by atoms with Crippen molar-refractivity contribution in [1.82, 2.24) is 4.90 Å². The second-order valence-electron chi connectivity index (χ2n) is 24.8. The predicted molar refractivity (Wildman–Crippen MR) is 213 cm³/mol. The lowest BCUT2D eigenvalue weighted by Gasteiger charge is -2.62. The van der Waals surface area contributed by atoms with Crippen LogP contribution in [0.3, 0.4) is 0 Å². The predicted octanol–water partition coefficient (Wildman–Crippen LogP) is 9.30. The molecule has 1 aliphatic heterocycles. The summed E-state index contributed by atoms with van der Waals surface area (Å²) in [4.78, 5) is 3.04. The van der Waals surface area contributed by atoms with Crippen molar-refractivity contribution in [2.45, 2.75) is 57.4 Å². The molecule has 0 amide bonds. The van der Waals surface area contributed by atoms with Gasteiger partial charge in [-0.1, -0.05) is 46.0 Å². The number of methoxy groups -OCH3 is 1. The second-order valence-corrected chi connectivity index (χ2v) is 25.2. The van der Waals surface area contributed by atoms with E-state index in [1.54, 1.807) is 37.7 Å². The van der Waals surface area contributed by atoms with Gasteiger partial charge in [0, 0.05) is 48.5 Å². The van der Waals surface area contributed by atoms with Crippen LogP contribution in [0.15, 0.2) is 46.6 Å². The molecule has 56 heavy (non-hydrogen) atoms. The van der Waals surface area contributed by atoms with Gasteiger partial charge in [-0.05, 0) is 211 Å². The molecule has 0 aromatic heterocycles. The Morgan fingerprint density at radius 1 is 0.643 bits per heavy atom. The van der Waals surface area contributed by atoms with Crippen LogP contribution in [0.1, 0.15) is 63.0 Å². The number of halogens is 1. The monoisotopic (exact) mass is 765 g/mol. The minimum atomic E-state index is 0.377. The molecular weight excluding hydrogens is 706 g/mol. The van der Waals surface area contributed by atoms with Gasteiger partial charge in [0.15, 0.2) is 0 Å². The molecule has 0 radical (unpaired) electrons. The van der Waals surface area contributed by atoms with Crippen molar-refractivity contribution in [1.29, 1.82) is 0 Å². The van der Waals surface area contributed by atoms with Crippen molar-refractivity contribution in [2.75, 3.05) is 40.0 Å². The van der Waals surface area contributed by atoms with Crippen LogP contribution in [0.25, 0.3) is 0 Å². The summed E-state index contributed by atoms with van der Waals surface area (Å²) in [6.45, 7) is 4.57. The Morgan fingerprint density at radius 2 is 1.27 bits per heavy atom. The summed E-state index contributed by atoms with van der Waals surface area (Å²) in [7, 11) is 1.81. The molecule has 4 heteroatoms. The van der Waals surface area contributed by atoms with E-state index in [1.165, 1.54) is 31.7 Å². The number of hydrogen-bond acceptors (Lipinski definition) is 3. The molecule has 0 bridgehead atoms. The molecular formula is C52H60ClNO2. The Balaban J connectivity index is 0.909. The fraction of sp³-hybridized carbons (Fsp3) is 0.808. The number of hydrogen-bond donors (Lipinski definition) is 0. The van der Waals surface area contributed by atoms with Crippen LogP contribution in [0, 0.1) is 159 Å². The van der Waals surface area contributed by atoms with Crippen LogP contribution in [0.5, 0.6) is 0 Å². The molecule has 1 heterocycles. The third-order valence-electron chi connectivity index (χ3n) is 25.1. The van der Waals surface area contributed by atoms with Crippen molar-refractivity contribution in [3.8, 4) is 0 Å². The fourth-order valence-corrected chi connectivity index (χ4v) is 26.4. The van der Waals surface area contributed by atoms with Gasteiger partial charge in [-0.3, -0.25) is 4.90 Å². The molecule has 28 unspecified atom stereocenters. The Labute approximate surface area is 338 Å². The maximum Gasteiger partial charge on any atom is 0.0700 e. The zero-order chi connectivity index (χ0) is 35.6. The first-order valence-electron chi connectivity index (χ1n) is 24.7. The number of rotatable bonds is 7. The molecule has 1 aromatic carbocycles. The van der Waals surface area contributed by atoms with E-state index in [4.69, 9.17) is 21.1 Å². The number of benzene rings is 1. The van der Waals surface area contributed by atoms with E-state index in [-0.39, 0.29) is 0 Å². The van der Waals surface area contributed by atoms with Crippen molar-refractivity contribution < 1.29 is 9.47 Å². The van der Waals surface area contributed by atoms with Gasteiger partial charge in [-0.2, -0.15) is 0 Å². The lowest BCUT2D eigenvalue weighted by Crippen LogP contribution is -2.59. The standard InChI is InChI=1S/C52H60ClNO2/c1-55-8-9-56-7-6-54-18-29-28-16-25-14-22-12-23-11-20-10-21-13-24-15-26-17-52(29,51(54)19-2-4-27(53)5-3-19)50-36(26)41-35(24)40-31(21)30(20)38-34(23)39-32(22)33(25)42-37(28)49(50)48-46(41)44(40)43(38)45(39)47(42)48/h2-5,20-24,26,29-32,34-36,38-51H,6-18H2,1H3. The maximum absolute atomic E-state index is 6.75. The highest BCUT2D eigenvalue weighted by Gasteiger charge is 2.88. The van der Waals surface area contributed by atoms with Crippen LogP contribution >= 0.6 is 11.6 Å². The summed E-state index contributed by atoms with van der Waals surface area (Å²) in [5, 5.41) is 0.904. The Morgan fingerprint density at radius 3 is 2.04 bits per heavy atom. The summed E-state index contributed by atoms with van der Waals surface area (Å²) in [5.41, 5.74) is 10.6. The number of nitrogens with zero attached hydrogens (tertiary/aromatic N) is 1. The molecule has 1 saturated heterocycles. The fourth-order valence-electron chi connectivity index (χ4n) is 26.3. The lowest BCUT2D eigenvalue weighted by atomic mass is 9.41. The largest absolute Gasteiger partial charge is 0.382 e. The number of ether oxygens (including phenoxy) is 2. The van der Waals surface area contributed by atoms with E-state index in [1.807, 2.05) is 7.11 Å². The zero-order valence-corrected chi connectivity index (χ0v) is 34.0. The highest BCUT2D eigenvalue weighted by atomic mass is 35.5. The Bertz CT molecular complexity index is 2120. The van der Waals surface area contributed by atoms with Gasteiger partial charge >= 0.3 is 0 Å². The highest BCUT2D eigenvalue weighted by Crippen LogP contribution is 2.93. The average Bonchev–Trinajstić information content (AvgIpc) is 4.05. The quantitative estimate of drug-likeness (QED) is 0.204. The molecule has 14 fully saturated rings. The van der Waals surface area contributed by atoms with E-state index < -0.39 is 0 Å². The average molecular weight is 767 g/mol. The molecule has 0 N–H and O–H groups in total. The molecule has 28 atom stereocenters. The topological polar surface area (TPSA) is 21.7 Å². The van der Waals surface area contributed by atoms with Crippen molar-refractivity contribution in [2.24, 2.45) is 159 Å². The first-order valence-corrected chi connectivity index (χ1v) is 25.0. The molecule has 13 saturated carbocycles. The van der Waals surface area contributed by atoms with E-state index >= 15 is 0 Å². The van der Waals surface area contributed by atoms with Gasteiger partial charge in [0.2, 0.25) is 0 Å². The lowest BCUT2D eigenvalue weighted by molar-refractivity contribution is -0.149. The molecule has 18 rings (SSSR count). The molecule has 292 valence electrons. The van der Waals surface area contributed by atoms with Crippen LogP contribution in [-0.4, -0.2) is 44.9 Å². The highest BCUT2D eigenvalue weighted by molar-refractivity contribution is 6.30. The Kier molecular flexibility index (Phi) is 5.23. The normalized spacial score (nSPS) is 65.5. The SMILES string of the molecule is COCCOCCN1CC2C3=C4C5C6=C(C3)CC3CC7CC8CC9CC%10CC%11CC2(C2C4C4C5C5C(C63)C7C3C8C9C6C%10C(C4C6C35)C%112)C1c1ccc(Cl)cc1. The van der Waals surface area contributed by atoms with E-state index in [9.17, 15) is 0 Å². The smallest absolute Gasteiger partial charge is 0.0700 e. The first-order chi connectivity index (χ1) is 27.7. The molecule has 1 aromatic rings. The van der Waals surface area contributed by atoms with Crippen LogP contribution in [0.4, 0.5) is 0 Å². The van der Waals surface area contributed by atoms with Gasteiger partial charge in [-0.15, -0.1) is 0 Å². The minimum absolute atomic E-state index is 0.377. The maximum atomic E-state index is 6.75. The molecule has 3 nitrogen and oxygen atoms in total. The van der Waals surface area contributed by atoms with Crippen LogP contribution in [0.2, 0.25) is 5.02 Å². The van der Waals surface area contributed by atoms with Gasteiger partial charge in [0.25, 0.3) is 0 Å². The third-order valence-corrected chi connectivity index (χ3v) is 25.3. The number of fused-ring (bicyclic) bond motifs is 1. The summed E-state index contributed by atoms with van der Waals surface area (Å²) in [6, 6.07) is 10.0. The van der Waals surface area contributed by atoms with Gasteiger partial charge in [0.05, 0.1) is 19.8 Å². The van der Waals surface area contributed by atoms with E-state index in [0.717, 1.165) is 166 Å². The zero-order valence-electron chi connectivity index (χ0n) is 33.2. The first kappa shape index (κ1) is 30.8. The van der Waals surface area contributed by atoms with Crippen LogP contribution < -0.4 is 0 Å². The van der Waals surface area contributed by atoms with Crippen molar-refractivity contribution >= 4 is 11.6 Å². The Hall–Kier alpha value is -1.13. The summed E-state index contributed by atoms with van der Waals surface area (Å²) < 4.78 is 11.8. The van der Waals surface area contributed by atoms with Crippen molar-refractivity contribution in [3.63, 3.8) is 0 Å². The van der Waals surface area contributed by atoms with Gasteiger partial charge in [0.1, 0.15) is 0 Å². The number of likely N-dealkylation sites (tertiary alicyclic amines) is 1. The molecule has 16 aliphatic carbocycles. The minimum Gasteiger partial charge on any atom is -0.382 e. The number of allylic oxidation sites excluding steroid dienone is 3. The third kappa shape index (κ3) is 2.86. The summed E-state index contributed by atoms with van der Waals surface area (Å²) in [5.74, 6) is 27.6. The molecule has 1 spiro atoms. The summed E-state index contributed by atoms with van der Waals surface area (Å²) >= 11 is 6.75. The van der Waals surface area contributed by atoms with Gasteiger partial charge < -0.3 is 9.47 Å². The second kappa shape index (κ2) is 9.50.